The van der Waals surface area contributed by atoms with E-state index in [4.69, 9.17) is 18.6 Å². The van der Waals surface area contributed by atoms with E-state index < -0.39 is 0 Å². The fourth-order valence-electron chi connectivity index (χ4n) is 3.33. The molecule has 0 fully saturated rings. The van der Waals surface area contributed by atoms with Gasteiger partial charge in [0.2, 0.25) is 5.89 Å². The molecule has 32 heavy (non-hydrogen) atoms. The van der Waals surface area contributed by atoms with E-state index in [2.05, 4.69) is 4.98 Å². The number of nitrogens with zero attached hydrogens (tertiary/aromatic N) is 3. The number of thioether (sulfide) groups is 1. The quantitative estimate of drug-likeness (QED) is 0.258. The summed E-state index contributed by atoms with van der Waals surface area (Å²) in [6, 6.07) is 18.5. The Morgan fingerprint density at radius 3 is 2.62 bits per heavy atom. The summed E-state index contributed by atoms with van der Waals surface area (Å²) in [5.41, 5.74) is 2.18. The molecular weight excluding hydrogens is 426 g/mol. The molecule has 0 bridgehead atoms. The topological polar surface area (TPSA) is 83.3 Å². The zero-order chi connectivity index (χ0) is 21.9. The fourth-order valence-corrected chi connectivity index (χ4v) is 4.21. The molecule has 0 saturated carbocycles. The number of ether oxygens (including phenoxy) is 1. The number of fused-ring (bicyclic) bond motifs is 1. The van der Waals surface area contributed by atoms with E-state index in [0.717, 1.165) is 17.0 Å². The average molecular weight is 446 g/mol. The molecule has 0 N–H and O–H groups in total. The molecule has 3 heterocycles. The minimum atomic E-state index is -0.103. The van der Waals surface area contributed by atoms with Crippen molar-refractivity contribution in [2.24, 2.45) is 0 Å². The molecule has 0 unspecified atom stereocenters. The van der Waals surface area contributed by atoms with Crippen LogP contribution in [0.1, 0.15) is 11.5 Å². The van der Waals surface area contributed by atoms with Gasteiger partial charge in [0.25, 0.3) is 5.56 Å². The summed E-state index contributed by atoms with van der Waals surface area (Å²) in [6.45, 7) is 0.307. The van der Waals surface area contributed by atoms with Gasteiger partial charge in [-0.2, -0.15) is 0 Å². The molecule has 160 valence electrons. The standard InChI is InChI=1S/C24H19N3O4S/c1-29-18-10-8-16(9-11-18)22-25-17(14-31-22)15-32-24-26-21-7-3-2-6-20(21)23(28)27(24)13-19-5-4-12-30-19/h2-12,14H,13,15H2,1H3. The van der Waals surface area contributed by atoms with Gasteiger partial charge in [0.1, 0.15) is 17.8 Å². The molecule has 0 aliphatic rings. The summed E-state index contributed by atoms with van der Waals surface area (Å²) < 4.78 is 17.9. The molecule has 0 radical (unpaired) electrons. The van der Waals surface area contributed by atoms with Crippen LogP contribution in [0.4, 0.5) is 0 Å². The number of methoxy groups -OCH3 is 1. The van der Waals surface area contributed by atoms with Crippen LogP contribution in [0, 0.1) is 0 Å². The van der Waals surface area contributed by atoms with Crippen LogP contribution in [0.25, 0.3) is 22.4 Å². The number of oxazole rings is 1. The Balaban J connectivity index is 1.42. The highest BCUT2D eigenvalue weighted by molar-refractivity contribution is 7.98. The maximum Gasteiger partial charge on any atom is 0.262 e. The summed E-state index contributed by atoms with van der Waals surface area (Å²) >= 11 is 1.43. The number of hydrogen-bond acceptors (Lipinski definition) is 7. The molecule has 0 atom stereocenters. The smallest absolute Gasteiger partial charge is 0.262 e. The first-order chi connectivity index (χ1) is 15.7. The van der Waals surface area contributed by atoms with Crippen LogP contribution in [-0.2, 0) is 12.3 Å². The van der Waals surface area contributed by atoms with E-state index in [-0.39, 0.29) is 5.56 Å². The Bertz CT molecular complexity index is 1410. The van der Waals surface area contributed by atoms with Crippen LogP contribution in [-0.4, -0.2) is 21.6 Å². The van der Waals surface area contributed by atoms with E-state index in [1.807, 2.05) is 48.5 Å². The summed E-state index contributed by atoms with van der Waals surface area (Å²) in [6.07, 6.45) is 3.22. The Labute approximate surface area is 187 Å². The number of benzene rings is 2. The Kier molecular flexibility index (Phi) is 5.51. The first-order valence-corrected chi connectivity index (χ1v) is 10.9. The third-order valence-corrected chi connectivity index (χ3v) is 5.97. The molecule has 7 nitrogen and oxygen atoms in total. The van der Waals surface area contributed by atoms with Gasteiger partial charge in [-0.05, 0) is 48.5 Å². The van der Waals surface area contributed by atoms with E-state index in [9.17, 15) is 4.79 Å². The minimum absolute atomic E-state index is 0.103. The van der Waals surface area contributed by atoms with Crippen LogP contribution < -0.4 is 10.3 Å². The monoisotopic (exact) mass is 445 g/mol. The van der Waals surface area contributed by atoms with Gasteiger partial charge in [0.15, 0.2) is 5.16 Å². The van der Waals surface area contributed by atoms with Crippen molar-refractivity contribution in [1.29, 1.82) is 0 Å². The summed E-state index contributed by atoms with van der Waals surface area (Å²) in [7, 11) is 1.63. The maximum atomic E-state index is 13.2. The molecule has 0 aliphatic heterocycles. The molecule has 2 aromatic carbocycles. The minimum Gasteiger partial charge on any atom is -0.497 e. The van der Waals surface area contributed by atoms with Crippen LogP contribution >= 0.6 is 11.8 Å². The summed E-state index contributed by atoms with van der Waals surface area (Å²) in [5, 5.41) is 1.17. The van der Waals surface area contributed by atoms with E-state index in [0.29, 0.717) is 40.0 Å². The van der Waals surface area contributed by atoms with Gasteiger partial charge in [0, 0.05) is 11.3 Å². The second-order valence-corrected chi connectivity index (χ2v) is 7.99. The fraction of sp³-hybridized carbons (Fsp3) is 0.125. The molecule has 0 aliphatic carbocycles. The lowest BCUT2D eigenvalue weighted by atomic mass is 10.2. The van der Waals surface area contributed by atoms with E-state index in [1.54, 1.807) is 36.3 Å². The van der Waals surface area contributed by atoms with E-state index >= 15 is 0 Å². The average Bonchev–Trinajstić information content (AvgIpc) is 3.52. The number of aromatic nitrogens is 3. The normalized spacial score (nSPS) is 11.2. The highest BCUT2D eigenvalue weighted by Gasteiger charge is 2.15. The van der Waals surface area contributed by atoms with Gasteiger partial charge in [-0.1, -0.05) is 23.9 Å². The summed E-state index contributed by atoms with van der Waals surface area (Å²) in [4.78, 5) is 22.5. The van der Waals surface area contributed by atoms with Crippen LogP contribution in [0.2, 0.25) is 0 Å². The second-order valence-electron chi connectivity index (χ2n) is 7.04. The Hall–Kier alpha value is -3.78. The van der Waals surface area contributed by atoms with Crippen molar-refractivity contribution in [3.05, 3.63) is 95.0 Å². The van der Waals surface area contributed by atoms with Gasteiger partial charge in [-0.3, -0.25) is 9.36 Å². The molecule has 8 heteroatoms. The highest BCUT2D eigenvalue weighted by atomic mass is 32.2. The van der Waals surface area contributed by atoms with Crippen molar-refractivity contribution < 1.29 is 13.6 Å². The van der Waals surface area contributed by atoms with Crippen LogP contribution in [0.5, 0.6) is 5.75 Å². The highest BCUT2D eigenvalue weighted by Crippen LogP contribution is 2.26. The zero-order valence-electron chi connectivity index (χ0n) is 17.2. The maximum absolute atomic E-state index is 13.2. The van der Waals surface area contributed by atoms with Gasteiger partial charge < -0.3 is 13.6 Å². The zero-order valence-corrected chi connectivity index (χ0v) is 18.0. The molecule has 0 spiro atoms. The SMILES string of the molecule is COc1ccc(-c2nc(CSc3nc4ccccc4c(=O)n3Cc3ccco3)co2)cc1. The van der Waals surface area contributed by atoms with Gasteiger partial charge in [-0.15, -0.1) is 0 Å². The van der Waals surface area contributed by atoms with E-state index in [1.165, 1.54) is 11.8 Å². The van der Waals surface area contributed by atoms with Gasteiger partial charge >= 0.3 is 0 Å². The van der Waals surface area contributed by atoms with Gasteiger partial charge in [0.05, 0.1) is 36.5 Å². The third-order valence-electron chi connectivity index (χ3n) is 4.96. The third kappa shape index (κ3) is 4.04. The summed E-state index contributed by atoms with van der Waals surface area (Å²) in [5.74, 6) is 2.49. The molecule has 5 rings (SSSR count). The molecular formula is C24H19N3O4S. The molecule has 3 aromatic heterocycles. The molecule has 5 aromatic rings. The van der Waals surface area contributed by atoms with Crippen molar-refractivity contribution in [2.45, 2.75) is 17.5 Å². The van der Waals surface area contributed by atoms with Crippen LogP contribution in [0.15, 0.2) is 92.0 Å². The number of rotatable bonds is 7. The second kappa shape index (κ2) is 8.76. The predicted octanol–water partition coefficient (Wildman–Crippen LogP) is 4.99. The lowest BCUT2D eigenvalue weighted by Crippen LogP contribution is -2.23. The number of hydrogen-bond donors (Lipinski definition) is 0. The molecule has 0 amide bonds. The largest absolute Gasteiger partial charge is 0.497 e. The number of para-hydroxylation sites is 1. The molecule has 0 saturated heterocycles. The van der Waals surface area contributed by atoms with Crippen LogP contribution in [0.3, 0.4) is 0 Å². The Morgan fingerprint density at radius 2 is 1.84 bits per heavy atom. The predicted molar refractivity (Wildman–Crippen MR) is 122 cm³/mol. The Morgan fingerprint density at radius 1 is 1.00 bits per heavy atom. The first-order valence-electron chi connectivity index (χ1n) is 9.95. The van der Waals surface area contributed by atoms with Crippen molar-refractivity contribution in [1.82, 2.24) is 14.5 Å². The van der Waals surface area contributed by atoms with Crippen molar-refractivity contribution >= 4 is 22.7 Å². The van der Waals surface area contributed by atoms with Gasteiger partial charge in [-0.25, -0.2) is 9.97 Å². The lowest BCUT2D eigenvalue weighted by molar-refractivity contribution is 0.415. The van der Waals surface area contributed by atoms with Crippen molar-refractivity contribution in [3.8, 4) is 17.2 Å². The number of furan rings is 1. The lowest BCUT2D eigenvalue weighted by Gasteiger charge is -2.11. The van der Waals surface area contributed by atoms with Crippen molar-refractivity contribution in [2.75, 3.05) is 7.11 Å². The van der Waals surface area contributed by atoms with Crippen molar-refractivity contribution in [3.63, 3.8) is 0 Å². The first kappa shape index (κ1) is 20.1.